The first-order valence-electron chi connectivity index (χ1n) is 25.1. The normalized spacial score (nSPS) is 13.9. The molecule has 0 bridgehead atoms. The SMILES string of the molecule is C1CCCC1.C1CCCC1.CC1CCCC1.CC1CCCC1.CCC1CCCC1.CCC1CCCC1.[CH-]=C(C)[N-]C.[CH-]=C(C)[N-]C.[CH-]=C(C)[N-]C.[CH-]=C[N-]C.[CH-]=C[N-]C.[CH-]=C[N-]C.[CH3-].[CH3-].[CH3-].[CH3-].[CH3-].[CH3-].[Co+3].[Co+3].[Co+3].[Co+3].[Co+3].[Co+3]. The van der Waals surface area contributed by atoms with Crippen molar-refractivity contribution in [1.82, 2.24) is 0 Å². The van der Waals surface area contributed by atoms with E-state index in [1.165, 1.54) is 198 Å². The maximum Gasteiger partial charge on any atom is 3.00 e. The Morgan fingerprint density at radius 1 is 0.333 bits per heavy atom. The van der Waals surface area contributed by atoms with Crippen molar-refractivity contribution in [2.75, 3.05) is 42.3 Å². The van der Waals surface area contributed by atoms with E-state index >= 15 is 0 Å². The largest absolute Gasteiger partial charge is 3.00 e. The van der Waals surface area contributed by atoms with Crippen LogP contribution in [0, 0.1) is 108 Å². The third-order valence-electron chi connectivity index (χ3n) is 11.4. The van der Waals surface area contributed by atoms with Crippen LogP contribution in [0.2, 0.25) is 0 Å². The first kappa shape index (κ1) is 127. The van der Waals surface area contributed by atoms with Gasteiger partial charge in [0.15, 0.2) is 0 Å². The van der Waals surface area contributed by atoms with Crippen molar-refractivity contribution in [2.45, 2.75) is 228 Å². The molecule has 0 aromatic carbocycles. The maximum atomic E-state index is 5.04. The summed E-state index contributed by atoms with van der Waals surface area (Å²) < 4.78 is 0. The van der Waals surface area contributed by atoms with Crippen LogP contribution in [0.3, 0.4) is 0 Å². The predicted molar refractivity (Wildman–Crippen MR) is 327 cm³/mol. The second kappa shape index (κ2) is 117. The topological polar surface area (TPSA) is 84.6 Å². The fraction of sp³-hybridized carbons (Fsp3) is 0.714. The van der Waals surface area contributed by atoms with Gasteiger partial charge in [0.2, 0.25) is 0 Å². The minimum absolute atomic E-state index is 0. The summed E-state index contributed by atoms with van der Waals surface area (Å²) in [6, 6.07) is 0. The third kappa shape index (κ3) is 148. The molecule has 6 aliphatic carbocycles. The average molecular weight is 1320 g/mol. The van der Waals surface area contributed by atoms with Crippen molar-refractivity contribution in [3.05, 3.63) is 152 Å². The van der Waals surface area contributed by atoms with E-state index in [9.17, 15) is 0 Å². The van der Waals surface area contributed by atoms with Crippen LogP contribution in [0.25, 0.3) is 31.9 Å². The average Bonchev–Trinajstić information content (AvgIpc) is 4.16. The molecule has 0 N–H and O–H groups in total. The van der Waals surface area contributed by atoms with Gasteiger partial charge >= 0.3 is 101 Å². The van der Waals surface area contributed by atoms with Crippen LogP contribution in [0.5, 0.6) is 0 Å². The second-order valence-electron chi connectivity index (χ2n) is 17.2. The van der Waals surface area contributed by atoms with Gasteiger partial charge in [-0.2, -0.15) is 0 Å². The van der Waals surface area contributed by atoms with Crippen LogP contribution in [0.4, 0.5) is 0 Å². The summed E-state index contributed by atoms with van der Waals surface area (Å²) in [7, 11) is 9.86. The quantitative estimate of drug-likeness (QED) is 0.217. The molecule has 0 aliphatic heterocycles. The van der Waals surface area contributed by atoms with Crippen molar-refractivity contribution >= 4 is 0 Å². The van der Waals surface area contributed by atoms with E-state index in [-0.39, 0.29) is 145 Å². The monoisotopic (exact) mass is 1320 g/mol. The molecule has 6 rings (SSSR count). The van der Waals surface area contributed by atoms with Crippen LogP contribution >= 0.6 is 0 Å². The number of hydrogen-bond acceptors (Lipinski definition) is 0. The number of hydrogen-bond donors (Lipinski definition) is 0. The van der Waals surface area contributed by atoms with Crippen molar-refractivity contribution in [3.63, 3.8) is 0 Å². The molecule has 6 fully saturated rings. The molecule has 6 aliphatic rings. The molecule has 75 heavy (non-hydrogen) atoms. The molecule has 462 valence electrons. The predicted octanol–water partition coefficient (Wildman–Crippen LogP) is 22.9. The van der Waals surface area contributed by atoms with Crippen molar-refractivity contribution in [3.8, 4) is 0 Å². The number of allylic oxidation sites excluding steroid dienone is 3. The summed E-state index contributed by atoms with van der Waals surface area (Å²) >= 11 is 0. The minimum Gasteiger partial charge on any atom is -0.723 e. The Labute approximate surface area is 542 Å². The van der Waals surface area contributed by atoms with Crippen LogP contribution in [0.15, 0.2) is 35.7 Å². The molecule has 0 unspecified atom stereocenters. The molecule has 6 saturated carbocycles. The molecule has 0 radical (unpaired) electrons. The fourth-order valence-corrected chi connectivity index (χ4v) is 6.86. The van der Waals surface area contributed by atoms with Gasteiger partial charge in [-0.3, -0.25) is 0 Å². The Hall–Kier alpha value is 0.279. The third-order valence-corrected chi connectivity index (χ3v) is 11.4. The van der Waals surface area contributed by atoms with E-state index in [1.807, 2.05) is 0 Å². The first-order chi connectivity index (χ1) is 30.2. The van der Waals surface area contributed by atoms with Crippen molar-refractivity contribution in [1.29, 1.82) is 0 Å². The summed E-state index contributed by atoms with van der Waals surface area (Å²) in [4.78, 5) is 0. The molecule has 0 heterocycles. The van der Waals surface area contributed by atoms with Gasteiger partial charge in [-0.1, -0.05) is 228 Å². The first-order valence-corrected chi connectivity index (χ1v) is 25.1. The molecular formula is C63H126Co6N6. The summed E-state index contributed by atoms with van der Waals surface area (Å²) in [6.07, 6.45) is 45.5. The molecule has 0 aromatic heterocycles. The van der Waals surface area contributed by atoms with E-state index in [2.05, 4.69) is 59.6 Å². The van der Waals surface area contributed by atoms with Gasteiger partial charge < -0.3 is 152 Å². The van der Waals surface area contributed by atoms with Crippen LogP contribution in [-0.4, -0.2) is 42.3 Å². The summed E-state index contributed by atoms with van der Waals surface area (Å²) in [5.41, 5.74) is 1.89. The van der Waals surface area contributed by atoms with E-state index in [4.69, 9.17) is 39.5 Å². The Morgan fingerprint density at radius 2 is 0.453 bits per heavy atom. The smallest absolute Gasteiger partial charge is 0.723 e. The number of nitrogens with zero attached hydrogens (tertiary/aromatic N) is 6. The van der Waals surface area contributed by atoms with E-state index in [0.29, 0.717) is 17.1 Å². The molecule has 0 amide bonds. The van der Waals surface area contributed by atoms with E-state index in [0.717, 1.165) is 23.7 Å². The summed E-state index contributed by atoms with van der Waals surface area (Å²) in [6.45, 7) is 43.9. The van der Waals surface area contributed by atoms with Gasteiger partial charge in [0.1, 0.15) is 0 Å². The van der Waals surface area contributed by atoms with Gasteiger partial charge in [0.05, 0.1) is 0 Å². The Morgan fingerprint density at radius 3 is 0.507 bits per heavy atom. The zero-order chi connectivity index (χ0) is 49.2. The Bertz CT molecular complexity index is 806. The zero-order valence-corrected chi connectivity index (χ0v) is 58.7. The molecule has 0 atom stereocenters. The Kier molecular flexibility index (Phi) is 198. The van der Waals surface area contributed by atoms with Gasteiger partial charge in [-0.25, -0.2) is 0 Å². The molecule has 12 heteroatoms. The van der Waals surface area contributed by atoms with Gasteiger partial charge in [0, 0.05) is 0 Å². The molecule has 0 aromatic rings. The second-order valence-corrected chi connectivity index (χ2v) is 17.2. The fourth-order valence-electron chi connectivity index (χ4n) is 6.86. The number of rotatable bonds is 8. The van der Waals surface area contributed by atoms with E-state index < -0.39 is 0 Å². The molecule has 0 spiro atoms. The maximum absolute atomic E-state index is 5.04. The standard InChI is InChI=1S/2C7H14.2C6H12.2C5H10.3C4H7N.3C3H5N.6CH3.6Co/c2*1-2-7-5-3-4-6-7;2*1-6-4-2-3-5-6;2*1-2-4-5-3-1;3*1-4(2)5-3;3*1-3-4-2;;;;;;;;;;;;/h2*7H,2-6H2,1H3;2*6H,2-5H2,1H3;2*1-5H2;3*1H,2-3H3;3*1,3H,2H3;6*1H3;;;;;;/q;;;;;;6*-2;6*-1;6*+3. The van der Waals surface area contributed by atoms with Gasteiger partial charge in [-0.15, -0.1) is 42.3 Å². The van der Waals surface area contributed by atoms with Crippen LogP contribution in [-0.2, 0) is 101 Å². The van der Waals surface area contributed by atoms with Crippen LogP contribution in [0.1, 0.15) is 228 Å². The molecule has 0 saturated heterocycles. The van der Waals surface area contributed by atoms with E-state index in [1.54, 1.807) is 63.1 Å². The van der Waals surface area contributed by atoms with Crippen molar-refractivity contribution in [2.24, 2.45) is 23.7 Å². The zero-order valence-electron chi connectivity index (χ0n) is 52.5. The summed E-state index contributed by atoms with van der Waals surface area (Å²) in [5, 5.41) is 20.9. The van der Waals surface area contributed by atoms with Crippen LogP contribution < -0.4 is 0 Å². The molecule has 6 nitrogen and oxygen atoms in total. The van der Waals surface area contributed by atoms with Gasteiger partial charge in [-0.05, 0) is 23.7 Å². The Balaban J connectivity index is -0.0000000292. The minimum atomic E-state index is 0. The van der Waals surface area contributed by atoms with Crippen molar-refractivity contribution < 1.29 is 101 Å². The van der Waals surface area contributed by atoms with Gasteiger partial charge in [0.25, 0.3) is 0 Å². The molecular weight excluding hydrogens is 1190 g/mol. The summed E-state index contributed by atoms with van der Waals surface area (Å²) in [5.74, 6) is 4.29.